The number of nitriles is 1. The zero-order chi connectivity index (χ0) is 17.9. The molecule has 3 nitrogen and oxygen atoms in total. The van der Waals surface area contributed by atoms with E-state index in [0.717, 1.165) is 24.0 Å². The fourth-order valence-corrected chi connectivity index (χ4v) is 4.32. The van der Waals surface area contributed by atoms with E-state index in [2.05, 4.69) is 59.5 Å². The van der Waals surface area contributed by atoms with Crippen LogP contribution < -0.4 is 0 Å². The largest absolute Gasteiger partial charge is 0.361 e. The van der Waals surface area contributed by atoms with E-state index in [-0.39, 0.29) is 0 Å². The molecule has 3 aromatic rings. The monoisotopic (exact) mass is 343 g/mol. The summed E-state index contributed by atoms with van der Waals surface area (Å²) in [6.07, 6.45) is 6.94. The molecule has 1 N–H and O–H groups in total. The summed E-state index contributed by atoms with van der Waals surface area (Å²) in [6, 6.07) is 19.6. The molecule has 2 unspecified atom stereocenters. The van der Waals surface area contributed by atoms with Crippen LogP contribution in [0.2, 0.25) is 0 Å². The maximum Gasteiger partial charge on any atom is 0.0991 e. The number of hydrogen-bond acceptors (Lipinski definition) is 2. The van der Waals surface area contributed by atoms with E-state index in [1.54, 1.807) is 0 Å². The molecule has 1 heterocycles. The number of fused-ring (bicyclic) bond motifs is 1. The standard InChI is InChI=1S/C23H25N3/c1-26(12-11-17-5-3-2-4-6-17)20-9-8-19(14-20)22-16-25-23-10-7-18(15-24)13-21(22)23/h2-7,10,13,16,19-20,25H,8-9,11-12,14H2,1H3. The van der Waals surface area contributed by atoms with Crippen LogP contribution in [0.1, 0.15) is 41.9 Å². The lowest BCUT2D eigenvalue weighted by Crippen LogP contribution is -2.31. The zero-order valence-corrected chi connectivity index (χ0v) is 15.3. The number of hydrogen-bond donors (Lipinski definition) is 1. The van der Waals surface area contributed by atoms with Crippen LogP contribution in [0.3, 0.4) is 0 Å². The molecule has 1 aliphatic carbocycles. The summed E-state index contributed by atoms with van der Waals surface area (Å²) in [7, 11) is 2.26. The van der Waals surface area contributed by atoms with E-state index in [1.165, 1.54) is 35.8 Å². The van der Waals surface area contributed by atoms with Gasteiger partial charge in [-0.25, -0.2) is 0 Å². The molecule has 1 saturated carbocycles. The number of aromatic amines is 1. The zero-order valence-electron chi connectivity index (χ0n) is 15.3. The Morgan fingerprint density at radius 1 is 1.15 bits per heavy atom. The van der Waals surface area contributed by atoms with Crippen LogP contribution in [0.15, 0.2) is 54.7 Å². The Morgan fingerprint density at radius 2 is 2.00 bits per heavy atom. The van der Waals surface area contributed by atoms with Gasteiger partial charge in [-0.15, -0.1) is 0 Å². The van der Waals surface area contributed by atoms with Crippen molar-refractivity contribution in [2.24, 2.45) is 0 Å². The Morgan fingerprint density at radius 3 is 2.81 bits per heavy atom. The van der Waals surface area contributed by atoms with E-state index in [9.17, 15) is 5.26 Å². The lowest BCUT2D eigenvalue weighted by Gasteiger charge is -2.24. The maximum atomic E-state index is 9.19. The van der Waals surface area contributed by atoms with E-state index in [0.29, 0.717) is 12.0 Å². The first kappa shape index (κ1) is 16.9. The molecule has 2 aromatic carbocycles. The van der Waals surface area contributed by atoms with Gasteiger partial charge in [-0.1, -0.05) is 30.3 Å². The highest BCUT2D eigenvalue weighted by molar-refractivity contribution is 5.85. The smallest absolute Gasteiger partial charge is 0.0991 e. The van der Waals surface area contributed by atoms with Gasteiger partial charge in [-0.05, 0) is 68.0 Å². The van der Waals surface area contributed by atoms with Gasteiger partial charge in [0.15, 0.2) is 0 Å². The van der Waals surface area contributed by atoms with Gasteiger partial charge in [-0.3, -0.25) is 0 Å². The molecule has 0 spiro atoms. The van der Waals surface area contributed by atoms with Crippen molar-refractivity contribution < 1.29 is 0 Å². The van der Waals surface area contributed by atoms with Gasteiger partial charge in [0.05, 0.1) is 11.6 Å². The summed E-state index contributed by atoms with van der Waals surface area (Å²) < 4.78 is 0. The number of benzene rings is 2. The third kappa shape index (κ3) is 3.38. The Labute approximate surface area is 155 Å². The summed E-state index contributed by atoms with van der Waals surface area (Å²) in [4.78, 5) is 5.91. The first-order valence-electron chi connectivity index (χ1n) is 9.50. The van der Waals surface area contributed by atoms with Gasteiger partial charge in [-0.2, -0.15) is 5.26 Å². The molecule has 2 atom stereocenters. The number of likely N-dealkylation sites (N-methyl/N-ethyl adjacent to an activating group) is 1. The molecule has 26 heavy (non-hydrogen) atoms. The quantitative estimate of drug-likeness (QED) is 0.719. The van der Waals surface area contributed by atoms with Crippen molar-refractivity contribution in [1.29, 1.82) is 5.26 Å². The molecular weight excluding hydrogens is 318 g/mol. The van der Waals surface area contributed by atoms with Crippen molar-refractivity contribution in [3.63, 3.8) is 0 Å². The van der Waals surface area contributed by atoms with Crippen molar-refractivity contribution in [2.45, 2.75) is 37.6 Å². The van der Waals surface area contributed by atoms with Crippen LogP contribution in [0.4, 0.5) is 0 Å². The van der Waals surface area contributed by atoms with Crippen LogP contribution in [0.25, 0.3) is 10.9 Å². The average molecular weight is 343 g/mol. The Balaban J connectivity index is 1.43. The van der Waals surface area contributed by atoms with Crippen LogP contribution in [0.5, 0.6) is 0 Å². The Hall–Kier alpha value is -2.57. The number of nitrogens with zero attached hydrogens (tertiary/aromatic N) is 2. The molecule has 1 fully saturated rings. The van der Waals surface area contributed by atoms with E-state index in [4.69, 9.17) is 0 Å². The van der Waals surface area contributed by atoms with Crippen molar-refractivity contribution in [1.82, 2.24) is 9.88 Å². The van der Waals surface area contributed by atoms with Crippen LogP contribution >= 0.6 is 0 Å². The topological polar surface area (TPSA) is 42.8 Å². The predicted molar refractivity (Wildman–Crippen MR) is 106 cm³/mol. The van der Waals surface area contributed by atoms with Gasteiger partial charge >= 0.3 is 0 Å². The van der Waals surface area contributed by atoms with Gasteiger partial charge < -0.3 is 9.88 Å². The second kappa shape index (κ2) is 7.35. The van der Waals surface area contributed by atoms with Crippen molar-refractivity contribution in [3.05, 3.63) is 71.4 Å². The van der Waals surface area contributed by atoms with Crippen LogP contribution in [-0.2, 0) is 6.42 Å². The normalized spacial score (nSPS) is 19.9. The molecule has 0 saturated heterocycles. The lowest BCUT2D eigenvalue weighted by molar-refractivity contribution is 0.247. The molecule has 0 bridgehead atoms. The summed E-state index contributed by atoms with van der Waals surface area (Å²) >= 11 is 0. The SMILES string of the molecule is CN(CCc1ccccc1)C1CCC(c2c[nH]c3ccc(C#N)cc23)C1. The minimum atomic E-state index is 0.585. The Bertz CT molecular complexity index is 920. The number of nitrogens with one attached hydrogen (secondary N) is 1. The van der Waals surface area contributed by atoms with E-state index < -0.39 is 0 Å². The first-order chi connectivity index (χ1) is 12.7. The molecule has 4 rings (SSSR count). The highest BCUT2D eigenvalue weighted by atomic mass is 15.1. The number of aromatic nitrogens is 1. The van der Waals surface area contributed by atoms with Gasteiger partial charge in [0.1, 0.15) is 0 Å². The van der Waals surface area contributed by atoms with Crippen molar-refractivity contribution >= 4 is 10.9 Å². The second-order valence-electron chi connectivity index (χ2n) is 7.50. The number of rotatable bonds is 5. The van der Waals surface area contributed by atoms with E-state index >= 15 is 0 Å². The highest BCUT2D eigenvalue weighted by Gasteiger charge is 2.29. The number of H-pyrrole nitrogens is 1. The molecule has 0 radical (unpaired) electrons. The van der Waals surface area contributed by atoms with Crippen molar-refractivity contribution in [2.75, 3.05) is 13.6 Å². The summed E-state index contributed by atoms with van der Waals surface area (Å²) in [5, 5.41) is 10.4. The Kier molecular flexibility index (Phi) is 4.77. The average Bonchev–Trinajstić information content (AvgIpc) is 3.33. The molecule has 0 aliphatic heterocycles. The molecule has 132 valence electrons. The molecule has 3 heteroatoms. The fraction of sp³-hybridized carbons (Fsp3) is 0.348. The summed E-state index contributed by atoms with van der Waals surface area (Å²) in [5.74, 6) is 0.585. The predicted octanol–water partition coefficient (Wildman–Crippen LogP) is 4.85. The second-order valence-corrected chi connectivity index (χ2v) is 7.50. The molecular formula is C23H25N3. The summed E-state index contributed by atoms with van der Waals surface area (Å²) in [6.45, 7) is 1.11. The van der Waals surface area contributed by atoms with Crippen LogP contribution in [-0.4, -0.2) is 29.5 Å². The van der Waals surface area contributed by atoms with E-state index in [1.807, 2.05) is 18.2 Å². The van der Waals surface area contributed by atoms with Crippen molar-refractivity contribution in [3.8, 4) is 6.07 Å². The lowest BCUT2D eigenvalue weighted by atomic mass is 9.96. The van der Waals surface area contributed by atoms with Crippen LogP contribution in [0, 0.1) is 11.3 Å². The van der Waals surface area contributed by atoms with Gasteiger partial charge in [0.25, 0.3) is 0 Å². The third-order valence-electron chi connectivity index (χ3n) is 5.91. The minimum absolute atomic E-state index is 0.585. The highest BCUT2D eigenvalue weighted by Crippen LogP contribution is 2.39. The summed E-state index contributed by atoms with van der Waals surface area (Å²) in [5.41, 5.74) is 4.68. The molecule has 1 aromatic heterocycles. The fourth-order valence-electron chi connectivity index (χ4n) is 4.32. The first-order valence-corrected chi connectivity index (χ1v) is 9.50. The van der Waals surface area contributed by atoms with Gasteiger partial charge in [0.2, 0.25) is 0 Å². The van der Waals surface area contributed by atoms with Gasteiger partial charge in [0, 0.05) is 29.7 Å². The minimum Gasteiger partial charge on any atom is -0.361 e. The molecule has 0 amide bonds. The maximum absolute atomic E-state index is 9.19. The molecule has 1 aliphatic rings. The third-order valence-corrected chi connectivity index (χ3v) is 5.91.